The number of aliphatic hydroxyl groups excluding tert-OH is 1. The molecule has 0 radical (unpaired) electrons. The Bertz CT molecular complexity index is 1070. The van der Waals surface area contributed by atoms with Gasteiger partial charge in [0.15, 0.2) is 0 Å². The molecule has 6 nitrogen and oxygen atoms in total. The molecule has 0 aromatic heterocycles. The van der Waals surface area contributed by atoms with Crippen LogP contribution in [0.25, 0.3) is 5.76 Å². The molecule has 1 atom stereocenters. The van der Waals surface area contributed by atoms with Crippen molar-refractivity contribution in [2.24, 2.45) is 0 Å². The molecule has 1 aliphatic heterocycles. The number of likely N-dealkylation sites (tertiary alicyclic amines) is 1. The number of ketones is 1. The molecule has 0 spiro atoms. The number of carbonyl (C=O) groups excluding carboxylic acids is 2. The Balaban J connectivity index is 2.05. The van der Waals surface area contributed by atoms with Crippen molar-refractivity contribution in [2.75, 3.05) is 33.3 Å². The van der Waals surface area contributed by atoms with Crippen LogP contribution in [0.1, 0.15) is 37.4 Å². The highest BCUT2D eigenvalue weighted by atomic mass is 35.5. The summed E-state index contributed by atoms with van der Waals surface area (Å²) in [4.78, 5) is 29.9. The maximum Gasteiger partial charge on any atom is 0.295 e. The minimum Gasteiger partial charge on any atom is -0.507 e. The second-order valence-electron chi connectivity index (χ2n) is 7.78. The molecule has 2 aromatic rings. The van der Waals surface area contributed by atoms with E-state index in [0.29, 0.717) is 34.9 Å². The molecule has 1 amide bonds. The SMILES string of the molecule is CCN(CC)CCCN1C(=O)C(=O)C(=C(O)c2ccc(OC)c(Cl)c2)[C@@H]1c1cccc(Cl)c1. The lowest BCUT2D eigenvalue weighted by Crippen LogP contribution is -2.33. The highest BCUT2D eigenvalue weighted by Crippen LogP contribution is 2.40. The van der Waals surface area contributed by atoms with E-state index in [1.807, 2.05) is 0 Å². The number of amides is 1. The van der Waals surface area contributed by atoms with Crippen molar-refractivity contribution < 1.29 is 19.4 Å². The molecule has 8 heteroatoms. The van der Waals surface area contributed by atoms with Gasteiger partial charge in [0.05, 0.1) is 23.7 Å². The summed E-state index contributed by atoms with van der Waals surface area (Å²) in [5.41, 5.74) is 1.01. The van der Waals surface area contributed by atoms with Crippen molar-refractivity contribution in [3.63, 3.8) is 0 Å². The predicted molar refractivity (Wildman–Crippen MR) is 131 cm³/mol. The highest BCUT2D eigenvalue weighted by Gasteiger charge is 2.45. The number of rotatable bonds is 9. The van der Waals surface area contributed by atoms with E-state index in [-0.39, 0.29) is 16.4 Å². The molecule has 3 rings (SSSR count). The molecule has 1 heterocycles. The Morgan fingerprint density at radius 2 is 1.85 bits per heavy atom. The van der Waals surface area contributed by atoms with Crippen LogP contribution in [0.3, 0.4) is 0 Å². The third-order valence-corrected chi connectivity index (χ3v) is 6.43. The van der Waals surface area contributed by atoms with Crippen LogP contribution in [-0.2, 0) is 9.59 Å². The number of carbonyl (C=O) groups is 2. The second kappa shape index (κ2) is 11.1. The van der Waals surface area contributed by atoms with E-state index < -0.39 is 17.7 Å². The van der Waals surface area contributed by atoms with Crippen molar-refractivity contribution in [2.45, 2.75) is 26.3 Å². The lowest BCUT2D eigenvalue weighted by Gasteiger charge is -2.27. The van der Waals surface area contributed by atoms with Gasteiger partial charge in [-0.05, 0) is 62.0 Å². The van der Waals surface area contributed by atoms with E-state index in [1.54, 1.807) is 36.4 Å². The van der Waals surface area contributed by atoms with Gasteiger partial charge >= 0.3 is 0 Å². The normalized spacial score (nSPS) is 17.8. The summed E-state index contributed by atoms with van der Waals surface area (Å²) in [5, 5.41) is 11.9. The van der Waals surface area contributed by atoms with Gasteiger partial charge in [-0.25, -0.2) is 0 Å². The average Bonchev–Trinajstić information content (AvgIpc) is 3.06. The summed E-state index contributed by atoms with van der Waals surface area (Å²) >= 11 is 12.5. The van der Waals surface area contributed by atoms with Gasteiger partial charge in [-0.3, -0.25) is 9.59 Å². The second-order valence-corrected chi connectivity index (χ2v) is 8.62. The molecule has 0 aliphatic carbocycles. The zero-order valence-corrected chi connectivity index (χ0v) is 20.5. The Morgan fingerprint density at radius 1 is 1.12 bits per heavy atom. The van der Waals surface area contributed by atoms with Crippen molar-refractivity contribution in [1.82, 2.24) is 9.80 Å². The lowest BCUT2D eigenvalue weighted by molar-refractivity contribution is -0.140. The van der Waals surface area contributed by atoms with Gasteiger partial charge < -0.3 is 19.6 Å². The molecular formula is C25H28Cl2N2O4. The monoisotopic (exact) mass is 490 g/mol. The summed E-state index contributed by atoms with van der Waals surface area (Å²) in [6.45, 7) is 7.16. The minimum absolute atomic E-state index is 0.0198. The fourth-order valence-corrected chi connectivity index (χ4v) is 4.56. The first-order valence-corrected chi connectivity index (χ1v) is 11.7. The smallest absolute Gasteiger partial charge is 0.295 e. The molecule has 0 unspecified atom stereocenters. The first-order valence-electron chi connectivity index (χ1n) is 10.9. The van der Waals surface area contributed by atoms with E-state index in [1.165, 1.54) is 18.1 Å². The van der Waals surface area contributed by atoms with E-state index in [0.717, 1.165) is 19.6 Å². The number of aliphatic hydroxyl groups is 1. The molecule has 2 aromatic carbocycles. The Kier molecular flexibility index (Phi) is 8.40. The fraction of sp³-hybridized carbons (Fsp3) is 0.360. The van der Waals surface area contributed by atoms with Crippen LogP contribution in [0.2, 0.25) is 10.0 Å². The first kappa shape index (κ1) is 25.1. The number of nitrogens with zero attached hydrogens (tertiary/aromatic N) is 2. The van der Waals surface area contributed by atoms with Gasteiger partial charge in [0, 0.05) is 17.1 Å². The van der Waals surface area contributed by atoms with E-state index in [4.69, 9.17) is 27.9 Å². The van der Waals surface area contributed by atoms with Gasteiger partial charge in [0.1, 0.15) is 11.5 Å². The summed E-state index contributed by atoms with van der Waals surface area (Å²) in [7, 11) is 1.49. The number of halogens is 2. The van der Waals surface area contributed by atoms with E-state index >= 15 is 0 Å². The summed E-state index contributed by atoms with van der Waals surface area (Å²) in [6.07, 6.45) is 0.695. The van der Waals surface area contributed by atoms with Crippen molar-refractivity contribution in [3.05, 3.63) is 69.2 Å². The first-order chi connectivity index (χ1) is 15.8. The van der Waals surface area contributed by atoms with Crippen molar-refractivity contribution in [3.8, 4) is 5.75 Å². The van der Waals surface area contributed by atoms with Crippen molar-refractivity contribution >= 4 is 40.7 Å². The molecule has 1 aliphatic rings. The highest BCUT2D eigenvalue weighted by molar-refractivity contribution is 6.46. The topological polar surface area (TPSA) is 70.1 Å². The number of ether oxygens (including phenoxy) is 1. The van der Waals surface area contributed by atoms with Crippen LogP contribution in [0.4, 0.5) is 0 Å². The molecule has 33 heavy (non-hydrogen) atoms. The Hall–Kier alpha value is -2.54. The predicted octanol–water partition coefficient (Wildman–Crippen LogP) is 5.16. The summed E-state index contributed by atoms with van der Waals surface area (Å²) in [6, 6.07) is 11.0. The van der Waals surface area contributed by atoms with Crippen LogP contribution in [-0.4, -0.2) is 59.9 Å². The third kappa shape index (κ3) is 5.35. The van der Waals surface area contributed by atoms with Crippen LogP contribution in [0.15, 0.2) is 48.0 Å². The molecule has 0 bridgehead atoms. The maximum atomic E-state index is 13.1. The molecule has 1 N–H and O–H groups in total. The van der Waals surface area contributed by atoms with Gasteiger partial charge in [0.2, 0.25) is 0 Å². The zero-order chi connectivity index (χ0) is 24.1. The van der Waals surface area contributed by atoms with Gasteiger partial charge in [0.25, 0.3) is 11.7 Å². The summed E-state index contributed by atoms with van der Waals surface area (Å²) in [5.74, 6) is -1.21. The number of Topliss-reactive ketones (excluding diaryl/α,β-unsaturated/α-hetero) is 1. The number of benzene rings is 2. The van der Waals surface area contributed by atoms with Gasteiger partial charge in [-0.15, -0.1) is 0 Å². The van der Waals surface area contributed by atoms with Gasteiger partial charge in [-0.1, -0.05) is 49.2 Å². The van der Waals surface area contributed by atoms with Crippen LogP contribution >= 0.6 is 23.2 Å². The van der Waals surface area contributed by atoms with E-state index in [2.05, 4.69) is 18.7 Å². The lowest BCUT2D eigenvalue weighted by atomic mass is 9.95. The maximum absolute atomic E-state index is 13.1. The molecule has 176 valence electrons. The average molecular weight is 491 g/mol. The Morgan fingerprint density at radius 3 is 2.45 bits per heavy atom. The molecular weight excluding hydrogens is 463 g/mol. The van der Waals surface area contributed by atoms with Crippen molar-refractivity contribution in [1.29, 1.82) is 0 Å². The number of hydrogen-bond acceptors (Lipinski definition) is 5. The molecule has 0 saturated carbocycles. The summed E-state index contributed by atoms with van der Waals surface area (Å²) < 4.78 is 5.17. The number of methoxy groups -OCH3 is 1. The quantitative estimate of drug-likeness (QED) is 0.298. The molecule has 1 saturated heterocycles. The number of hydrogen-bond donors (Lipinski definition) is 1. The zero-order valence-electron chi connectivity index (χ0n) is 19.0. The van der Waals surface area contributed by atoms with E-state index in [9.17, 15) is 14.7 Å². The minimum atomic E-state index is -0.749. The van der Waals surface area contributed by atoms with Crippen LogP contribution < -0.4 is 4.74 Å². The molecule has 1 fully saturated rings. The standard InChI is InChI=1S/C25H28Cl2N2O4/c1-4-28(5-2)12-7-13-29-22(16-8-6-9-18(26)14-16)21(24(31)25(29)32)23(30)17-10-11-20(33-3)19(27)15-17/h6,8-11,14-15,22,30H,4-5,7,12-13H2,1-3H3/t22-/m0/s1. The largest absolute Gasteiger partial charge is 0.507 e. The van der Waals surface area contributed by atoms with Gasteiger partial charge in [-0.2, -0.15) is 0 Å². The Labute approximate surface area is 204 Å². The third-order valence-electron chi connectivity index (χ3n) is 5.90. The van der Waals surface area contributed by atoms with Crippen LogP contribution in [0.5, 0.6) is 5.75 Å². The fourth-order valence-electron chi connectivity index (χ4n) is 4.11. The van der Waals surface area contributed by atoms with Crippen LogP contribution in [0, 0.1) is 0 Å².